The van der Waals surface area contributed by atoms with Crippen LogP contribution in [0.5, 0.6) is 0 Å². The van der Waals surface area contributed by atoms with Crippen LogP contribution in [-0.2, 0) is 0 Å². The second kappa shape index (κ2) is 43.9. The lowest BCUT2D eigenvalue weighted by Crippen LogP contribution is -1.90. The van der Waals surface area contributed by atoms with Crippen molar-refractivity contribution in [2.75, 3.05) is 0 Å². The van der Waals surface area contributed by atoms with E-state index in [-0.39, 0.29) is 12.4 Å². The van der Waals surface area contributed by atoms with Crippen LogP contribution in [0.1, 0.15) is 245 Å². The first-order chi connectivity index (χ1) is 20.4. The molecule has 0 bridgehead atoms. The first kappa shape index (κ1) is 44.9. The van der Waals surface area contributed by atoms with E-state index in [0.29, 0.717) is 0 Å². The molecule has 0 fully saturated rings. The van der Waals surface area contributed by atoms with Gasteiger partial charge in [-0.05, 0) is 0 Å². The molecule has 42 heavy (non-hydrogen) atoms. The number of hydrogen-bond donors (Lipinski definition) is 0. The van der Waals surface area contributed by atoms with Gasteiger partial charge in [-0.3, -0.25) is 0 Å². The molecule has 0 aliphatic carbocycles. The van der Waals surface area contributed by atoms with E-state index >= 15 is 0 Å². The van der Waals surface area contributed by atoms with Crippen LogP contribution in [-0.4, -0.2) is 15.2 Å². The standard InChI is InChI=1S/2C20H41.Al.ClH/c2*1-3-5-7-9-11-13-15-17-19-20-18-16-14-12-10-8-6-4-2;;/h2*1,3-20H2,2H3;;1H. The highest BCUT2D eigenvalue weighted by Crippen LogP contribution is 2.16. The van der Waals surface area contributed by atoms with Crippen LogP contribution in [0.2, 0.25) is 10.6 Å². The Balaban J connectivity index is 0. The molecule has 0 aromatic carbocycles. The van der Waals surface area contributed by atoms with Crippen LogP contribution < -0.4 is 0 Å². The van der Waals surface area contributed by atoms with Gasteiger partial charge in [0.2, 0.25) is 0 Å². The zero-order valence-corrected chi connectivity index (χ0v) is 31.8. The Bertz CT molecular complexity index is 388. The maximum atomic E-state index is 2.31. The van der Waals surface area contributed by atoms with Gasteiger partial charge in [0.25, 0.3) is 0 Å². The summed E-state index contributed by atoms with van der Waals surface area (Å²) in [4.78, 5) is 0. The molecule has 0 atom stereocenters. The van der Waals surface area contributed by atoms with Gasteiger partial charge in [0.1, 0.15) is 0 Å². The molecule has 0 rings (SSSR count). The zero-order valence-electron chi connectivity index (χ0n) is 29.9. The normalized spacial score (nSPS) is 11.2. The first-order valence-electron chi connectivity index (χ1n) is 20.2. The Hall–Kier alpha value is 0.822. The van der Waals surface area contributed by atoms with Gasteiger partial charge >= 0.3 is 0 Å². The van der Waals surface area contributed by atoms with Crippen LogP contribution in [0.15, 0.2) is 0 Å². The molecular formula is C40H83AlCl. The SMILES string of the molecule is CCCCCCCCCCCCCCCCCCC[CH2][Al][CH2]CCCCCCCCCCCCCCCCCCC.Cl. The summed E-state index contributed by atoms with van der Waals surface area (Å²) in [5.41, 5.74) is 0. The molecule has 0 aromatic heterocycles. The fourth-order valence-electron chi connectivity index (χ4n) is 6.52. The lowest BCUT2D eigenvalue weighted by molar-refractivity contribution is 0.526. The second-order valence-corrected chi connectivity index (χ2v) is 15.6. The molecule has 0 heterocycles. The van der Waals surface area contributed by atoms with Gasteiger partial charge in [0.15, 0.2) is 15.2 Å². The lowest BCUT2D eigenvalue weighted by atomic mass is 10.0. The van der Waals surface area contributed by atoms with Gasteiger partial charge in [-0.15, -0.1) is 23.0 Å². The van der Waals surface area contributed by atoms with E-state index in [1.165, 1.54) is 231 Å². The third-order valence-corrected chi connectivity index (χ3v) is 11.2. The molecule has 0 nitrogen and oxygen atoms in total. The number of hydrogen-bond acceptors (Lipinski definition) is 0. The highest BCUT2D eigenvalue weighted by Gasteiger charge is 1.98. The minimum absolute atomic E-state index is 0. The molecule has 253 valence electrons. The third-order valence-electron chi connectivity index (χ3n) is 9.52. The van der Waals surface area contributed by atoms with Crippen molar-refractivity contribution < 1.29 is 0 Å². The van der Waals surface area contributed by atoms with Crippen molar-refractivity contribution >= 4 is 27.6 Å². The second-order valence-electron chi connectivity index (χ2n) is 13.9. The van der Waals surface area contributed by atoms with Crippen molar-refractivity contribution in [3.05, 3.63) is 0 Å². The number of unbranched alkanes of at least 4 members (excludes halogenated alkanes) is 34. The molecule has 0 saturated carbocycles. The molecule has 0 spiro atoms. The van der Waals surface area contributed by atoms with Crippen molar-refractivity contribution in [1.82, 2.24) is 0 Å². The van der Waals surface area contributed by atoms with Crippen molar-refractivity contribution in [3.8, 4) is 0 Å². The van der Waals surface area contributed by atoms with E-state index in [1.807, 2.05) is 0 Å². The molecule has 2 heteroatoms. The van der Waals surface area contributed by atoms with Crippen LogP contribution in [0.4, 0.5) is 0 Å². The molecule has 0 saturated heterocycles. The van der Waals surface area contributed by atoms with Crippen LogP contribution in [0, 0.1) is 0 Å². The van der Waals surface area contributed by atoms with Crippen LogP contribution >= 0.6 is 12.4 Å². The number of rotatable bonds is 38. The van der Waals surface area contributed by atoms with E-state index in [4.69, 9.17) is 0 Å². The van der Waals surface area contributed by atoms with E-state index in [0.717, 1.165) is 15.2 Å². The quantitative estimate of drug-likeness (QED) is 0.0473. The van der Waals surface area contributed by atoms with E-state index < -0.39 is 0 Å². The van der Waals surface area contributed by atoms with Crippen LogP contribution in [0.3, 0.4) is 0 Å². The fraction of sp³-hybridized carbons (Fsp3) is 1.00. The summed E-state index contributed by atoms with van der Waals surface area (Å²) in [7, 11) is 0. The van der Waals surface area contributed by atoms with Gasteiger partial charge in [0.05, 0.1) is 0 Å². The lowest BCUT2D eigenvalue weighted by Gasteiger charge is -2.04. The predicted molar refractivity (Wildman–Crippen MR) is 200 cm³/mol. The van der Waals surface area contributed by atoms with Crippen molar-refractivity contribution in [2.24, 2.45) is 0 Å². The molecular weight excluding hydrogens is 543 g/mol. The highest BCUT2D eigenvalue weighted by atomic mass is 35.5. The first-order valence-corrected chi connectivity index (χ1v) is 21.9. The van der Waals surface area contributed by atoms with Crippen LogP contribution in [0.25, 0.3) is 0 Å². The highest BCUT2D eigenvalue weighted by molar-refractivity contribution is 6.35. The average molecular weight is 627 g/mol. The van der Waals surface area contributed by atoms with E-state index in [9.17, 15) is 0 Å². The minimum atomic E-state index is 0. The van der Waals surface area contributed by atoms with E-state index in [1.54, 1.807) is 10.6 Å². The van der Waals surface area contributed by atoms with Gasteiger partial charge in [-0.25, -0.2) is 0 Å². The molecule has 0 amide bonds. The molecule has 0 unspecified atom stereocenters. The maximum absolute atomic E-state index is 2.31. The van der Waals surface area contributed by atoms with Gasteiger partial charge in [-0.2, -0.15) is 0 Å². The zero-order chi connectivity index (χ0) is 29.6. The summed E-state index contributed by atoms with van der Waals surface area (Å²) in [6.45, 7) is 4.62. The molecule has 1 radical (unpaired) electrons. The third kappa shape index (κ3) is 43.0. The maximum Gasteiger partial charge on any atom is 0.199 e. The van der Waals surface area contributed by atoms with Crippen molar-refractivity contribution in [3.63, 3.8) is 0 Å². The molecule has 0 aliphatic heterocycles. The summed E-state index contributed by atoms with van der Waals surface area (Å²) in [5.74, 6) is 0. The van der Waals surface area contributed by atoms with Crippen molar-refractivity contribution in [2.45, 2.75) is 256 Å². The Morgan fingerprint density at radius 2 is 0.357 bits per heavy atom. The topological polar surface area (TPSA) is 0 Å². The summed E-state index contributed by atoms with van der Waals surface area (Å²) in [6.07, 6.45) is 53.6. The Morgan fingerprint density at radius 3 is 0.524 bits per heavy atom. The van der Waals surface area contributed by atoms with Gasteiger partial charge < -0.3 is 0 Å². The van der Waals surface area contributed by atoms with Crippen molar-refractivity contribution in [1.29, 1.82) is 0 Å². The summed E-state index contributed by atoms with van der Waals surface area (Å²) in [6, 6.07) is 0. The summed E-state index contributed by atoms with van der Waals surface area (Å²) >= 11 is 0.765. The fourth-order valence-corrected chi connectivity index (χ4v) is 7.97. The average Bonchev–Trinajstić information content (AvgIpc) is 2.98. The van der Waals surface area contributed by atoms with E-state index in [2.05, 4.69) is 13.8 Å². The Kier molecular flexibility index (Phi) is 47.0. The van der Waals surface area contributed by atoms with Gasteiger partial charge in [-0.1, -0.05) is 245 Å². The summed E-state index contributed by atoms with van der Waals surface area (Å²) in [5, 5.41) is 3.16. The summed E-state index contributed by atoms with van der Waals surface area (Å²) < 4.78 is 0. The number of halogens is 1. The van der Waals surface area contributed by atoms with Gasteiger partial charge in [0, 0.05) is 0 Å². The largest absolute Gasteiger partial charge is 0.199 e. The molecule has 0 aliphatic rings. The Morgan fingerprint density at radius 1 is 0.214 bits per heavy atom. The smallest absolute Gasteiger partial charge is 0.147 e. The minimum Gasteiger partial charge on any atom is -0.147 e. The predicted octanol–water partition coefficient (Wildman–Crippen LogP) is 16.0. The molecule has 0 aromatic rings. The Labute approximate surface area is 282 Å². The monoisotopic (exact) mass is 626 g/mol. The molecule has 0 N–H and O–H groups in total.